The molecule has 0 unspecified atom stereocenters. The second-order valence-corrected chi connectivity index (χ2v) is 5.25. The molecule has 0 aliphatic carbocycles. The standard InChI is InChI=1S/C18H16N2O3/c1-11-9-15(12(2)23-11)18(22)20-19-10-16-14-6-4-3-5-13(14)7-8-17(16)21/h3-10,21H,1-2H3,(H,20,22)/b19-10+. The lowest BCUT2D eigenvalue weighted by atomic mass is 10.0. The lowest BCUT2D eigenvalue weighted by Crippen LogP contribution is -2.17. The summed E-state index contributed by atoms with van der Waals surface area (Å²) in [5, 5.41) is 15.8. The molecule has 5 heteroatoms. The Morgan fingerprint density at radius 2 is 2.00 bits per heavy atom. The minimum Gasteiger partial charge on any atom is -0.507 e. The van der Waals surface area contributed by atoms with Crippen molar-refractivity contribution in [3.05, 3.63) is 65.1 Å². The van der Waals surface area contributed by atoms with Crippen LogP contribution in [0, 0.1) is 13.8 Å². The number of carbonyl (C=O) groups excluding carboxylic acids is 1. The largest absolute Gasteiger partial charge is 0.507 e. The number of fused-ring (bicyclic) bond motifs is 1. The number of phenolic OH excluding ortho intramolecular Hbond substituents is 1. The van der Waals surface area contributed by atoms with Gasteiger partial charge in [0.05, 0.1) is 11.8 Å². The van der Waals surface area contributed by atoms with Crippen LogP contribution in [0.15, 0.2) is 52.0 Å². The van der Waals surface area contributed by atoms with E-state index in [-0.39, 0.29) is 11.7 Å². The molecule has 2 aromatic carbocycles. The van der Waals surface area contributed by atoms with Gasteiger partial charge in [-0.1, -0.05) is 30.3 Å². The maximum Gasteiger partial charge on any atom is 0.274 e. The van der Waals surface area contributed by atoms with Crippen LogP contribution in [0.5, 0.6) is 5.75 Å². The van der Waals surface area contributed by atoms with E-state index in [1.807, 2.05) is 30.3 Å². The van der Waals surface area contributed by atoms with E-state index in [1.165, 1.54) is 6.21 Å². The summed E-state index contributed by atoms with van der Waals surface area (Å²) in [6.07, 6.45) is 1.44. The number of phenols is 1. The molecule has 0 saturated heterocycles. The van der Waals surface area contributed by atoms with Gasteiger partial charge in [-0.15, -0.1) is 0 Å². The van der Waals surface area contributed by atoms with Crippen molar-refractivity contribution in [2.24, 2.45) is 5.10 Å². The number of carbonyl (C=O) groups is 1. The topological polar surface area (TPSA) is 74.8 Å². The molecule has 3 rings (SSSR count). The van der Waals surface area contributed by atoms with E-state index >= 15 is 0 Å². The molecule has 5 nitrogen and oxygen atoms in total. The number of benzene rings is 2. The molecule has 0 aliphatic heterocycles. The van der Waals surface area contributed by atoms with Gasteiger partial charge in [0, 0.05) is 5.56 Å². The second-order valence-electron chi connectivity index (χ2n) is 5.25. The lowest BCUT2D eigenvalue weighted by molar-refractivity contribution is 0.0953. The van der Waals surface area contributed by atoms with Crippen LogP contribution in [-0.4, -0.2) is 17.2 Å². The van der Waals surface area contributed by atoms with Crippen molar-refractivity contribution in [1.82, 2.24) is 5.43 Å². The van der Waals surface area contributed by atoms with E-state index in [2.05, 4.69) is 10.5 Å². The molecule has 116 valence electrons. The number of hydrazone groups is 1. The molecule has 0 bridgehead atoms. The third kappa shape index (κ3) is 2.94. The SMILES string of the molecule is Cc1cc(C(=O)N/N=C/c2c(O)ccc3ccccc23)c(C)o1. The average molecular weight is 308 g/mol. The van der Waals surface area contributed by atoms with Crippen LogP contribution in [0.2, 0.25) is 0 Å². The van der Waals surface area contributed by atoms with Crippen LogP contribution in [0.1, 0.15) is 27.4 Å². The Morgan fingerprint density at radius 3 is 2.74 bits per heavy atom. The van der Waals surface area contributed by atoms with Gasteiger partial charge in [0.2, 0.25) is 0 Å². The number of hydrogen-bond acceptors (Lipinski definition) is 4. The summed E-state index contributed by atoms with van der Waals surface area (Å²) < 4.78 is 5.32. The molecular weight excluding hydrogens is 292 g/mol. The van der Waals surface area contributed by atoms with Crippen molar-refractivity contribution in [2.75, 3.05) is 0 Å². The fourth-order valence-electron chi connectivity index (χ4n) is 2.49. The number of nitrogens with zero attached hydrogens (tertiary/aromatic N) is 1. The van der Waals surface area contributed by atoms with Gasteiger partial charge in [0.1, 0.15) is 17.3 Å². The zero-order valence-electron chi connectivity index (χ0n) is 12.8. The summed E-state index contributed by atoms with van der Waals surface area (Å²) in [6.45, 7) is 3.50. The zero-order valence-corrected chi connectivity index (χ0v) is 12.8. The van der Waals surface area contributed by atoms with E-state index in [1.54, 1.807) is 26.0 Å². The summed E-state index contributed by atoms with van der Waals surface area (Å²) in [4.78, 5) is 12.1. The highest BCUT2D eigenvalue weighted by Crippen LogP contribution is 2.25. The van der Waals surface area contributed by atoms with Crippen molar-refractivity contribution < 1.29 is 14.3 Å². The number of amides is 1. The van der Waals surface area contributed by atoms with Gasteiger partial charge in [-0.3, -0.25) is 4.79 Å². The van der Waals surface area contributed by atoms with E-state index in [0.29, 0.717) is 22.6 Å². The summed E-state index contributed by atoms with van der Waals surface area (Å²) in [7, 11) is 0. The highest BCUT2D eigenvalue weighted by atomic mass is 16.3. The van der Waals surface area contributed by atoms with Crippen molar-refractivity contribution in [3.8, 4) is 5.75 Å². The Hall–Kier alpha value is -3.08. The predicted octanol–water partition coefficient (Wildman–Crippen LogP) is 3.52. The van der Waals surface area contributed by atoms with Crippen LogP contribution in [0.25, 0.3) is 10.8 Å². The van der Waals surface area contributed by atoms with Crippen molar-refractivity contribution >= 4 is 22.9 Å². The zero-order chi connectivity index (χ0) is 16.4. The summed E-state index contributed by atoms with van der Waals surface area (Å²) in [5.74, 6) is 0.971. The molecule has 1 heterocycles. The number of nitrogens with one attached hydrogen (secondary N) is 1. The fourth-order valence-corrected chi connectivity index (χ4v) is 2.49. The van der Waals surface area contributed by atoms with E-state index in [0.717, 1.165) is 10.8 Å². The third-order valence-electron chi connectivity index (χ3n) is 3.59. The molecule has 0 aliphatic rings. The minimum atomic E-state index is -0.352. The first-order valence-electron chi connectivity index (χ1n) is 7.17. The molecule has 23 heavy (non-hydrogen) atoms. The fraction of sp³-hybridized carbons (Fsp3) is 0.111. The average Bonchev–Trinajstić information content (AvgIpc) is 2.88. The highest BCUT2D eigenvalue weighted by Gasteiger charge is 2.12. The first-order valence-corrected chi connectivity index (χ1v) is 7.17. The van der Waals surface area contributed by atoms with E-state index in [4.69, 9.17) is 4.42 Å². The van der Waals surface area contributed by atoms with E-state index < -0.39 is 0 Å². The summed E-state index contributed by atoms with van der Waals surface area (Å²) in [6, 6.07) is 12.7. The van der Waals surface area contributed by atoms with Crippen LogP contribution < -0.4 is 5.43 Å². The monoisotopic (exact) mass is 308 g/mol. The summed E-state index contributed by atoms with van der Waals surface area (Å²) in [5.41, 5.74) is 3.46. The van der Waals surface area contributed by atoms with Crippen molar-refractivity contribution in [3.63, 3.8) is 0 Å². The molecule has 1 aromatic heterocycles. The minimum absolute atomic E-state index is 0.108. The number of rotatable bonds is 3. The maximum atomic E-state index is 12.1. The first kappa shape index (κ1) is 14.8. The summed E-state index contributed by atoms with van der Waals surface area (Å²) >= 11 is 0. The first-order chi connectivity index (χ1) is 11.1. The Labute approximate surface area is 133 Å². The molecule has 1 amide bonds. The molecule has 0 saturated carbocycles. The van der Waals surface area contributed by atoms with Crippen LogP contribution in [-0.2, 0) is 0 Å². The van der Waals surface area contributed by atoms with Gasteiger partial charge in [-0.2, -0.15) is 5.10 Å². The molecule has 3 aromatic rings. The molecule has 0 spiro atoms. The normalized spacial score (nSPS) is 11.2. The lowest BCUT2D eigenvalue weighted by Gasteiger charge is -2.04. The number of aryl methyl sites for hydroxylation is 2. The molecule has 0 atom stereocenters. The van der Waals surface area contributed by atoms with E-state index in [9.17, 15) is 9.90 Å². The second kappa shape index (κ2) is 5.96. The number of furan rings is 1. The Kier molecular flexibility index (Phi) is 3.85. The van der Waals surface area contributed by atoms with Gasteiger partial charge in [-0.05, 0) is 36.8 Å². The quantitative estimate of drug-likeness (QED) is 0.574. The van der Waals surface area contributed by atoms with Gasteiger partial charge in [0.15, 0.2) is 0 Å². The highest BCUT2D eigenvalue weighted by molar-refractivity contribution is 6.03. The van der Waals surface area contributed by atoms with Crippen molar-refractivity contribution in [2.45, 2.75) is 13.8 Å². The molecular formula is C18H16N2O3. The third-order valence-corrected chi connectivity index (χ3v) is 3.59. The maximum absolute atomic E-state index is 12.1. The van der Waals surface area contributed by atoms with Crippen LogP contribution >= 0.6 is 0 Å². The smallest absolute Gasteiger partial charge is 0.274 e. The molecule has 0 radical (unpaired) electrons. The predicted molar refractivity (Wildman–Crippen MR) is 88.9 cm³/mol. The number of aromatic hydroxyl groups is 1. The van der Waals surface area contributed by atoms with Gasteiger partial charge >= 0.3 is 0 Å². The van der Waals surface area contributed by atoms with Crippen LogP contribution in [0.4, 0.5) is 0 Å². The molecule has 2 N–H and O–H groups in total. The Balaban J connectivity index is 1.85. The van der Waals surface area contributed by atoms with Gasteiger partial charge in [-0.25, -0.2) is 5.43 Å². The van der Waals surface area contributed by atoms with Gasteiger partial charge < -0.3 is 9.52 Å². The molecule has 0 fully saturated rings. The Bertz CT molecular complexity index is 910. The number of hydrogen-bond donors (Lipinski definition) is 2. The van der Waals surface area contributed by atoms with Crippen molar-refractivity contribution in [1.29, 1.82) is 0 Å². The van der Waals surface area contributed by atoms with Gasteiger partial charge in [0.25, 0.3) is 5.91 Å². The van der Waals surface area contributed by atoms with Crippen LogP contribution in [0.3, 0.4) is 0 Å². The Morgan fingerprint density at radius 1 is 1.22 bits per heavy atom.